The molecule has 0 spiro atoms. The van der Waals surface area contributed by atoms with Crippen LogP contribution in [0.15, 0.2) is 30.3 Å². The summed E-state index contributed by atoms with van der Waals surface area (Å²) in [6.45, 7) is 7.41. The summed E-state index contributed by atoms with van der Waals surface area (Å²) in [6, 6.07) is 11.7. The lowest BCUT2D eigenvalue weighted by molar-refractivity contribution is 0.0278. The van der Waals surface area contributed by atoms with Gasteiger partial charge in [-0.15, -0.1) is 0 Å². The lowest BCUT2D eigenvalue weighted by Gasteiger charge is -2.42. The molecule has 0 amide bonds. The molecule has 1 aliphatic carbocycles. The van der Waals surface area contributed by atoms with Gasteiger partial charge in [-0.3, -0.25) is 4.90 Å². The highest BCUT2D eigenvalue weighted by atomic mass is 16.3. The van der Waals surface area contributed by atoms with E-state index in [0.29, 0.717) is 18.0 Å². The molecular formula is C19H30N2O. The molecule has 122 valence electrons. The molecule has 3 nitrogen and oxygen atoms in total. The SMILES string of the molecule is CC(O)C1CC(NCc2ccccc2)CN(C(C)C2CC2)C1. The van der Waals surface area contributed by atoms with Gasteiger partial charge in [-0.1, -0.05) is 30.3 Å². The Kier molecular flexibility index (Phi) is 5.17. The Morgan fingerprint density at radius 1 is 1.14 bits per heavy atom. The normalized spacial score (nSPS) is 29.2. The second-order valence-electron chi connectivity index (χ2n) is 7.33. The third-order valence-corrected chi connectivity index (χ3v) is 5.51. The molecule has 1 heterocycles. The Hall–Kier alpha value is -0.900. The molecule has 1 saturated heterocycles. The fourth-order valence-electron chi connectivity index (χ4n) is 3.74. The third-order valence-electron chi connectivity index (χ3n) is 5.51. The zero-order valence-corrected chi connectivity index (χ0v) is 13.9. The van der Waals surface area contributed by atoms with Gasteiger partial charge in [-0.25, -0.2) is 0 Å². The first kappa shape index (κ1) is 16.0. The number of benzene rings is 1. The van der Waals surface area contributed by atoms with Crippen molar-refractivity contribution in [3.05, 3.63) is 35.9 Å². The van der Waals surface area contributed by atoms with E-state index in [4.69, 9.17) is 0 Å². The van der Waals surface area contributed by atoms with E-state index in [1.54, 1.807) is 0 Å². The number of hydrogen-bond acceptors (Lipinski definition) is 3. The van der Waals surface area contributed by atoms with E-state index in [2.05, 4.69) is 47.5 Å². The summed E-state index contributed by atoms with van der Waals surface area (Å²) in [5, 5.41) is 13.8. The maximum atomic E-state index is 10.1. The molecule has 1 aliphatic heterocycles. The Bertz CT molecular complexity index is 458. The van der Waals surface area contributed by atoms with Crippen LogP contribution in [0, 0.1) is 11.8 Å². The quantitative estimate of drug-likeness (QED) is 0.848. The van der Waals surface area contributed by atoms with Crippen molar-refractivity contribution >= 4 is 0 Å². The molecule has 1 saturated carbocycles. The molecule has 3 heteroatoms. The topological polar surface area (TPSA) is 35.5 Å². The molecular weight excluding hydrogens is 272 g/mol. The largest absolute Gasteiger partial charge is 0.393 e. The highest BCUT2D eigenvalue weighted by molar-refractivity contribution is 5.14. The highest BCUT2D eigenvalue weighted by Crippen LogP contribution is 2.36. The van der Waals surface area contributed by atoms with E-state index in [9.17, 15) is 5.11 Å². The number of hydrogen-bond donors (Lipinski definition) is 2. The molecule has 0 aromatic heterocycles. The smallest absolute Gasteiger partial charge is 0.0553 e. The molecule has 2 aliphatic rings. The van der Waals surface area contributed by atoms with E-state index < -0.39 is 0 Å². The molecule has 3 rings (SSSR count). The van der Waals surface area contributed by atoms with Crippen molar-refractivity contribution < 1.29 is 5.11 Å². The van der Waals surface area contributed by atoms with Crippen molar-refractivity contribution in [2.24, 2.45) is 11.8 Å². The van der Waals surface area contributed by atoms with Gasteiger partial charge in [0.2, 0.25) is 0 Å². The second kappa shape index (κ2) is 7.12. The Morgan fingerprint density at radius 2 is 1.86 bits per heavy atom. The summed E-state index contributed by atoms with van der Waals surface area (Å²) in [6.07, 6.45) is 3.65. The van der Waals surface area contributed by atoms with Gasteiger partial charge in [-0.2, -0.15) is 0 Å². The molecule has 0 bridgehead atoms. The highest BCUT2D eigenvalue weighted by Gasteiger charge is 2.37. The van der Waals surface area contributed by atoms with Crippen molar-refractivity contribution in [1.29, 1.82) is 0 Å². The Labute approximate surface area is 134 Å². The average Bonchev–Trinajstić information content (AvgIpc) is 3.38. The summed E-state index contributed by atoms with van der Waals surface area (Å²) >= 11 is 0. The first-order chi connectivity index (χ1) is 10.6. The average molecular weight is 302 g/mol. The van der Waals surface area contributed by atoms with Gasteiger partial charge in [-0.05, 0) is 50.5 Å². The van der Waals surface area contributed by atoms with Gasteiger partial charge in [0, 0.05) is 31.7 Å². The van der Waals surface area contributed by atoms with E-state index in [0.717, 1.165) is 32.0 Å². The van der Waals surface area contributed by atoms with Crippen LogP contribution in [0.3, 0.4) is 0 Å². The second-order valence-corrected chi connectivity index (χ2v) is 7.33. The molecule has 0 radical (unpaired) electrons. The van der Waals surface area contributed by atoms with E-state index in [-0.39, 0.29) is 6.10 Å². The number of aliphatic hydroxyl groups is 1. The molecule has 2 fully saturated rings. The van der Waals surface area contributed by atoms with Crippen molar-refractivity contribution in [1.82, 2.24) is 10.2 Å². The van der Waals surface area contributed by atoms with Crippen LogP contribution < -0.4 is 5.32 Å². The van der Waals surface area contributed by atoms with Crippen molar-refractivity contribution in [2.45, 2.75) is 57.8 Å². The van der Waals surface area contributed by atoms with Gasteiger partial charge in [0.1, 0.15) is 0 Å². The zero-order valence-electron chi connectivity index (χ0n) is 13.9. The van der Waals surface area contributed by atoms with Gasteiger partial charge in [0.25, 0.3) is 0 Å². The number of nitrogens with zero attached hydrogens (tertiary/aromatic N) is 1. The van der Waals surface area contributed by atoms with Crippen LogP contribution in [0.2, 0.25) is 0 Å². The van der Waals surface area contributed by atoms with E-state index >= 15 is 0 Å². The molecule has 4 unspecified atom stereocenters. The molecule has 1 aromatic rings. The zero-order chi connectivity index (χ0) is 15.5. The summed E-state index contributed by atoms with van der Waals surface area (Å²) in [5.74, 6) is 1.28. The summed E-state index contributed by atoms with van der Waals surface area (Å²) in [7, 11) is 0. The van der Waals surface area contributed by atoms with Gasteiger partial charge in [0.05, 0.1) is 6.10 Å². The maximum Gasteiger partial charge on any atom is 0.0553 e. The van der Waals surface area contributed by atoms with Crippen molar-refractivity contribution in [2.75, 3.05) is 13.1 Å². The maximum absolute atomic E-state index is 10.1. The van der Waals surface area contributed by atoms with Crippen molar-refractivity contribution in [3.63, 3.8) is 0 Å². The standard InChI is InChI=1S/C19H30N2O/c1-14(17-8-9-17)21-12-18(15(2)22)10-19(13-21)20-11-16-6-4-3-5-7-16/h3-7,14-15,17-20,22H,8-13H2,1-2H3. The monoisotopic (exact) mass is 302 g/mol. The predicted molar refractivity (Wildman–Crippen MR) is 90.6 cm³/mol. The Morgan fingerprint density at radius 3 is 2.50 bits per heavy atom. The van der Waals surface area contributed by atoms with Crippen LogP contribution in [0.5, 0.6) is 0 Å². The fourth-order valence-corrected chi connectivity index (χ4v) is 3.74. The molecule has 4 atom stereocenters. The first-order valence-electron chi connectivity index (χ1n) is 8.83. The van der Waals surface area contributed by atoms with Crippen LogP contribution in [-0.4, -0.2) is 41.3 Å². The Balaban J connectivity index is 1.59. The van der Waals surface area contributed by atoms with Crippen LogP contribution in [0.25, 0.3) is 0 Å². The van der Waals surface area contributed by atoms with Crippen LogP contribution in [-0.2, 0) is 6.54 Å². The van der Waals surface area contributed by atoms with Gasteiger partial charge >= 0.3 is 0 Å². The fraction of sp³-hybridized carbons (Fsp3) is 0.684. The van der Waals surface area contributed by atoms with Gasteiger partial charge in [0.15, 0.2) is 0 Å². The van der Waals surface area contributed by atoms with Crippen LogP contribution >= 0.6 is 0 Å². The molecule has 22 heavy (non-hydrogen) atoms. The van der Waals surface area contributed by atoms with E-state index in [1.165, 1.54) is 18.4 Å². The third kappa shape index (κ3) is 4.09. The van der Waals surface area contributed by atoms with Crippen LogP contribution in [0.1, 0.15) is 38.7 Å². The lowest BCUT2D eigenvalue weighted by Crippen LogP contribution is -2.54. The molecule has 2 N–H and O–H groups in total. The number of nitrogens with one attached hydrogen (secondary N) is 1. The minimum absolute atomic E-state index is 0.213. The molecule has 1 aromatic carbocycles. The number of piperidine rings is 1. The van der Waals surface area contributed by atoms with Crippen LogP contribution in [0.4, 0.5) is 0 Å². The minimum atomic E-state index is -0.213. The van der Waals surface area contributed by atoms with Gasteiger partial charge < -0.3 is 10.4 Å². The lowest BCUT2D eigenvalue weighted by atomic mass is 9.89. The van der Waals surface area contributed by atoms with E-state index in [1.807, 2.05) is 6.92 Å². The minimum Gasteiger partial charge on any atom is -0.393 e. The number of likely N-dealkylation sites (tertiary alicyclic amines) is 1. The van der Waals surface area contributed by atoms with Crippen molar-refractivity contribution in [3.8, 4) is 0 Å². The predicted octanol–water partition coefficient (Wildman–Crippen LogP) is 2.65. The summed E-state index contributed by atoms with van der Waals surface area (Å²) < 4.78 is 0. The summed E-state index contributed by atoms with van der Waals surface area (Å²) in [5.41, 5.74) is 1.34. The number of rotatable bonds is 6. The number of aliphatic hydroxyl groups excluding tert-OH is 1. The summed E-state index contributed by atoms with van der Waals surface area (Å²) in [4.78, 5) is 2.61. The first-order valence-corrected chi connectivity index (χ1v) is 8.83.